The normalized spacial score (nSPS) is 15.5. The molecule has 0 radical (unpaired) electrons. The van der Waals surface area contributed by atoms with E-state index < -0.39 is 0 Å². The van der Waals surface area contributed by atoms with Crippen molar-refractivity contribution in [3.05, 3.63) is 66.0 Å². The Bertz CT molecular complexity index is 1020. The Hall–Kier alpha value is -2.06. The van der Waals surface area contributed by atoms with Gasteiger partial charge in [0.15, 0.2) is 0 Å². The first-order chi connectivity index (χ1) is 10.2. The maximum Gasteiger partial charge on any atom is 0.0577 e. The Morgan fingerprint density at radius 3 is 2.57 bits per heavy atom. The van der Waals surface area contributed by atoms with Crippen molar-refractivity contribution in [1.82, 2.24) is 4.57 Å². The maximum absolute atomic E-state index is 2.41. The van der Waals surface area contributed by atoms with Gasteiger partial charge < -0.3 is 4.57 Å². The topological polar surface area (TPSA) is 4.93 Å². The lowest BCUT2D eigenvalue weighted by Gasteiger charge is -2.19. The molecule has 0 fully saturated rings. The predicted molar refractivity (Wildman–Crippen MR) is 90.8 cm³/mol. The lowest BCUT2D eigenvalue weighted by atomic mass is 9.83. The van der Waals surface area contributed by atoms with Crippen LogP contribution < -0.4 is 0 Å². The van der Waals surface area contributed by atoms with Crippen molar-refractivity contribution in [2.24, 2.45) is 0 Å². The highest BCUT2D eigenvalue weighted by molar-refractivity contribution is 7.26. The molecule has 2 heteroatoms. The van der Waals surface area contributed by atoms with Gasteiger partial charge in [-0.25, -0.2) is 0 Å². The number of fused-ring (bicyclic) bond motifs is 7. The Labute approximate surface area is 127 Å². The molecule has 0 saturated heterocycles. The van der Waals surface area contributed by atoms with E-state index in [0.29, 0.717) is 0 Å². The summed E-state index contributed by atoms with van der Waals surface area (Å²) in [7, 11) is 0. The summed E-state index contributed by atoms with van der Waals surface area (Å²) in [5.41, 5.74) is 4.28. The van der Waals surface area contributed by atoms with E-state index in [4.69, 9.17) is 0 Å². The summed E-state index contributed by atoms with van der Waals surface area (Å²) in [5.74, 6) is 0. The van der Waals surface area contributed by atoms with Crippen molar-refractivity contribution in [3.63, 3.8) is 0 Å². The molecule has 4 aromatic rings. The van der Waals surface area contributed by atoms with Crippen LogP contribution in [0.25, 0.3) is 25.9 Å². The second-order valence-corrected chi connectivity index (χ2v) is 7.38. The third-order valence-corrected chi connectivity index (χ3v) is 5.97. The van der Waals surface area contributed by atoms with Gasteiger partial charge in [-0.05, 0) is 17.7 Å². The van der Waals surface area contributed by atoms with Gasteiger partial charge in [-0.2, -0.15) is 0 Å². The number of aromatic nitrogens is 1. The lowest BCUT2D eigenvalue weighted by Crippen LogP contribution is -2.15. The molecule has 0 aliphatic carbocycles. The fraction of sp³-hybridized carbons (Fsp3) is 0.158. The number of nitrogens with zero attached hydrogens (tertiary/aromatic N) is 1. The fourth-order valence-corrected chi connectivity index (χ4v) is 5.16. The second kappa shape index (κ2) is 3.58. The van der Waals surface area contributed by atoms with Gasteiger partial charge in [0.05, 0.1) is 10.4 Å². The molecule has 0 amide bonds. The average molecular weight is 289 g/mol. The number of hydrogen-bond donors (Lipinski definition) is 0. The summed E-state index contributed by atoms with van der Waals surface area (Å²) >= 11 is 1.93. The van der Waals surface area contributed by atoms with Crippen LogP contribution in [0, 0.1) is 0 Å². The van der Waals surface area contributed by atoms with Gasteiger partial charge in [0.2, 0.25) is 0 Å². The van der Waals surface area contributed by atoms with Crippen molar-refractivity contribution in [2.45, 2.75) is 19.3 Å². The highest BCUT2D eigenvalue weighted by Gasteiger charge is 2.38. The van der Waals surface area contributed by atoms with E-state index in [1.165, 1.54) is 37.1 Å². The number of benzene rings is 2. The molecule has 0 unspecified atom stereocenters. The minimum absolute atomic E-state index is 0.0687. The molecule has 1 aliphatic heterocycles. The molecule has 102 valence electrons. The van der Waals surface area contributed by atoms with Crippen LogP contribution in [-0.4, -0.2) is 4.57 Å². The zero-order chi connectivity index (χ0) is 14.2. The van der Waals surface area contributed by atoms with Crippen LogP contribution >= 0.6 is 11.3 Å². The van der Waals surface area contributed by atoms with Gasteiger partial charge in [0, 0.05) is 32.8 Å². The minimum Gasteiger partial charge on any atom is -0.318 e. The van der Waals surface area contributed by atoms with Crippen molar-refractivity contribution in [3.8, 4) is 5.69 Å². The Kier molecular flexibility index (Phi) is 1.97. The number of hydrogen-bond acceptors (Lipinski definition) is 1. The zero-order valence-electron chi connectivity index (χ0n) is 12.1. The molecule has 1 aliphatic rings. The second-order valence-electron chi connectivity index (χ2n) is 6.33. The number of rotatable bonds is 0. The summed E-state index contributed by atoms with van der Waals surface area (Å²) in [6.07, 6.45) is 2.33. The summed E-state index contributed by atoms with van der Waals surface area (Å²) < 4.78 is 5.23. The smallest absolute Gasteiger partial charge is 0.0577 e. The Morgan fingerprint density at radius 1 is 0.905 bits per heavy atom. The fourth-order valence-electron chi connectivity index (χ4n) is 3.79. The third-order valence-electron chi connectivity index (χ3n) is 4.78. The summed E-state index contributed by atoms with van der Waals surface area (Å²) in [4.78, 5) is 0. The van der Waals surface area contributed by atoms with E-state index in [0.717, 1.165) is 0 Å². The monoisotopic (exact) mass is 289 g/mol. The first-order valence-electron chi connectivity index (χ1n) is 7.31. The molecule has 0 saturated carbocycles. The average Bonchev–Trinajstić information content (AvgIpc) is 3.08. The van der Waals surface area contributed by atoms with Crippen LogP contribution in [0.1, 0.15) is 25.1 Å². The van der Waals surface area contributed by atoms with E-state index in [1.807, 2.05) is 11.3 Å². The van der Waals surface area contributed by atoms with Crippen LogP contribution in [-0.2, 0) is 5.41 Å². The summed E-state index contributed by atoms with van der Waals surface area (Å²) in [6.45, 7) is 4.68. The van der Waals surface area contributed by atoms with Gasteiger partial charge in [-0.3, -0.25) is 0 Å². The molecule has 1 nitrogen and oxygen atoms in total. The van der Waals surface area contributed by atoms with Gasteiger partial charge in [-0.15, -0.1) is 11.3 Å². The quantitative estimate of drug-likeness (QED) is 0.404. The van der Waals surface area contributed by atoms with E-state index >= 15 is 0 Å². The SMILES string of the molecule is CC1(C)c2ccccc2-n2cc3c(sc4ccccc43)c21. The molecule has 0 N–H and O–H groups in total. The van der Waals surface area contributed by atoms with Gasteiger partial charge in [0.1, 0.15) is 0 Å². The molecule has 2 aromatic carbocycles. The van der Waals surface area contributed by atoms with Crippen LogP contribution in [0.5, 0.6) is 0 Å². The van der Waals surface area contributed by atoms with E-state index in [9.17, 15) is 0 Å². The standard InChI is InChI=1S/C19H15NS/c1-19(2)14-8-4-5-9-15(14)20-11-13-12-7-3-6-10-16(12)21-17(13)18(19)20/h3-11H,1-2H3. The van der Waals surface area contributed by atoms with Gasteiger partial charge in [-0.1, -0.05) is 50.2 Å². The molecule has 21 heavy (non-hydrogen) atoms. The van der Waals surface area contributed by atoms with Crippen molar-refractivity contribution >= 4 is 31.5 Å². The van der Waals surface area contributed by atoms with Crippen LogP contribution in [0.2, 0.25) is 0 Å². The third kappa shape index (κ3) is 1.27. The van der Waals surface area contributed by atoms with Gasteiger partial charge >= 0.3 is 0 Å². The van der Waals surface area contributed by atoms with Crippen molar-refractivity contribution < 1.29 is 0 Å². The summed E-state index contributed by atoms with van der Waals surface area (Å²) in [5, 5.41) is 2.78. The summed E-state index contributed by atoms with van der Waals surface area (Å²) in [6, 6.07) is 17.5. The van der Waals surface area contributed by atoms with Crippen molar-refractivity contribution in [2.75, 3.05) is 0 Å². The number of para-hydroxylation sites is 1. The molecule has 0 atom stereocenters. The first kappa shape index (κ1) is 11.6. The highest BCUT2D eigenvalue weighted by atomic mass is 32.1. The van der Waals surface area contributed by atoms with Crippen molar-refractivity contribution in [1.29, 1.82) is 0 Å². The molecule has 0 spiro atoms. The molecule has 0 bridgehead atoms. The molecule has 3 heterocycles. The molecule has 2 aromatic heterocycles. The van der Waals surface area contributed by atoms with E-state index in [1.54, 1.807) is 0 Å². The first-order valence-corrected chi connectivity index (χ1v) is 8.12. The van der Waals surface area contributed by atoms with Crippen LogP contribution in [0.4, 0.5) is 0 Å². The Balaban J connectivity index is 1.99. The Morgan fingerprint density at radius 2 is 1.67 bits per heavy atom. The zero-order valence-corrected chi connectivity index (χ0v) is 12.9. The lowest BCUT2D eigenvalue weighted by molar-refractivity contribution is 0.650. The van der Waals surface area contributed by atoms with Crippen LogP contribution in [0.15, 0.2) is 54.7 Å². The molecular weight excluding hydrogens is 274 g/mol. The van der Waals surface area contributed by atoms with E-state index in [-0.39, 0.29) is 5.41 Å². The number of thiophene rings is 1. The van der Waals surface area contributed by atoms with Crippen LogP contribution in [0.3, 0.4) is 0 Å². The van der Waals surface area contributed by atoms with Gasteiger partial charge in [0.25, 0.3) is 0 Å². The van der Waals surface area contributed by atoms with E-state index in [2.05, 4.69) is 73.1 Å². The largest absolute Gasteiger partial charge is 0.318 e. The predicted octanol–water partition coefficient (Wildman–Crippen LogP) is 5.48. The molecule has 5 rings (SSSR count). The maximum atomic E-state index is 2.41. The molecular formula is C19H15NS. The highest BCUT2D eigenvalue weighted by Crippen LogP contribution is 2.50. The minimum atomic E-state index is 0.0687.